The first-order chi connectivity index (χ1) is 6.97. The predicted octanol–water partition coefficient (Wildman–Crippen LogP) is -1.79. The molecule has 1 aliphatic heterocycles. The number of hydrogen-bond acceptors (Lipinski definition) is 6. The van der Waals surface area contributed by atoms with Gasteiger partial charge in [-0.15, -0.1) is 0 Å². The fourth-order valence-electron chi connectivity index (χ4n) is 1.53. The van der Waals surface area contributed by atoms with E-state index in [-0.39, 0.29) is 6.10 Å². The Balaban J connectivity index is 2.66. The molecule has 0 aliphatic carbocycles. The highest BCUT2D eigenvalue weighted by Crippen LogP contribution is 2.22. The summed E-state index contributed by atoms with van der Waals surface area (Å²) in [6.07, 6.45) is -6.07. The fraction of sp³-hybridized carbons (Fsp3) is 1.00. The van der Waals surface area contributed by atoms with Crippen molar-refractivity contribution in [1.82, 2.24) is 0 Å². The third-order valence-electron chi connectivity index (χ3n) is 2.27. The van der Waals surface area contributed by atoms with Crippen molar-refractivity contribution in [3.63, 3.8) is 0 Å². The normalized spacial score (nSPS) is 42.2. The molecule has 90 valence electrons. The number of hydrogen-bond donors (Lipinski definition) is 4. The van der Waals surface area contributed by atoms with Crippen LogP contribution in [0.5, 0.6) is 0 Å². The first kappa shape index (κ1) is 12.8. The molecule has 0 radical (unpaired) electrons. The number of aliphatic hydroxyl groups is 4. The molecule has 1 aliphatic rings. The Hall–Kier alpha value is -0.240. The van der Waals surface area contributed by atoms with Gasteiger partial charge in [0.15, 0.2) is 6.29 Å². The van der Waals surface area contributed by atoms with E-state index in [2.05, 4.69) is 0 Å². The van der Waals surface area contributed by atoms with Gasteiger partial charge in [0.1, 0.15) is 24.4 Å². The Labute approximate surface area is 88.1 Å². The number of rotatable bonds is 3. The van der Waals surface area contributed by atoms with Crippen LogP contribution in [0.1, 0.15) is 13.8 Å². The van der Waals surface area contributed by atoms with Gasteiger partial charge in [-0.25, -0.2) is 0 Å². The van der Waals surface area contributed by atoms with Crippen LogP contribution in [0.4, 0.5) is 0 Å². The molecule has 0 aromatic rings. The van der Waals surface area contributed by atoms with Crippen LogP contribution in [0.3, 0.4) is 0 Å². The molecular formula is C9H18O6. The third kappa shape index (κ3) is 2.87. The molecule has 1 saturated heterocycles. The van der Waals surface area contributed by atoms with E-state index >= 15 is 0 Å². The molecule has 6 nitrogen and oxygen atoms in total. The highest BCUT2D eigenvalue weighted by atomic mass is 16.7. The van der Waals surface area contributed by atoms with Crippen molar-refractivity contribution in [2.75, 3.05) is 6.61 Å². The molecular weight excluding hydrogens is 204 g/mol. The van der Waals surface area contributed by atoms with Crippen LogP contribution in [0.15, 0.2) is 0 Å². The van der Waals surface area contributed by atoms with Crippen LogP contribution in [0, 0.1) is 0 Å². The molecule has 0 aromatic heterocycles. The van der Waals surface area contributed by atoms with Crippen LogP contribution < -0.4 is 0 Å². The monoisotopic (exact) mass is 222 g/mol. The number of aliphatic hydroxyl groups excluding tert-OH is 4. The van der Waals surface area contributed by atoms with Gasteiger partial charge in [0.2, 0.25) is 0 Å². The largest absolute Gasteiger partial charge is 0.394 e. The van der Waals surface area contributed by atoms with E-state index in [0.717, 1.165) is 0 Å². The van der Waals surface area contributed by atoms with Crippen LogP contribution >= 0.6 is 0 Å². The minimum Gasteiger partial charge on any atom is -0.394 e. The molecule has 0 bridgehead atoms. The van der Waals surface area contributed by atoms with E-state index in [4.69, 9.17) is 14.6 Å². The first-order valence-corrected chi connectivity index (χ1v) is 4.93. The molecule has 0 unspecified atom stereocenters. The van der Waals surface area contributed by atoms with Gasteiger partial charge in [-0.1, -0.05) is 0 Å². The van der Waals surface area contributed by atoms with E-state index in [0.29, 0.717) is 0 Å². The summed E-state index contributed by atoms with van der Waals surface area (Å²) in [4.78, 5) is 0. The highest BCUT2D eigenvalue weighted by molar-refractivity contribution is 4.89. The summed E-state index contributed by atoms with van der Waals surface area (Å²) in [5, 5.41) is 37.4. The van der Waals surface area contributed by atoms with Gasteiger partial charge in [0.05, 0.1) is 12.7 Å². The molecule has 1 fully saturated rings. The standard InChI is InChI=1S/C9H18O6/c1-4(2)14-8-7(12)6(11)5(3-10)15-9(8)13/h4-13H,3H2,1-2H3/t5-,6+,7+,8-,9+/m1/s1. The zero-order chi connectivity index (χ0) is 11.6. The van der Waals surface area contributed by atoms with Gasteiger partial charge in [-0.05, 0) is 13.8 Å². The van der Waals surface area contributed by atoms with E-state index in [1.165, 1.54) is 0 Å². The smallest absolute Gasteiger partial charge is 0.184 e. The lowest BCUT2D eigenvalue weighted by atomic mass is 9.99. The van der Waals surface area contributed by atoms with Crippen LogP contribution in [-0.4, -0.2) is 63.8 Å². The molecule has 0 spiro atoms. The quantitative estimate of drug-likeness (QED) is 0.450. The number of ether oxygens (including phenoxy) is 2. The average molecular weight is 222 g/mol. The topological polar surface area (TPSA) is 99.4 Å². The van der Waals surface area contributed by atoms with Crippen molar-refractivity contribution in [2.24, 2.45) is 0 Å². The van der Waals surface area contributed by atoms with Crippen LogP contribution in [0.2, 0.25) is 0 Å². The Kier molecular flexibility index (Phi) is 4.45. The second-order valence-corrected chi connectivity index (χ2v) is 3.88. The minimum atomic E-state index is -1.34. The van der Waals surface area contributed by atoms with Crippen LogP contribution in [0.25, 0.3) is 0 Å². The summed E-state index contributed by atoms with van der Waals surface area (Å²) < 4.78 is 10.1. The lowest BCUT2D eigenvalue weighted by Gasteiger charge is -2.40. The maximum Gasteiger partial charge on any atom is 0.184 e. The molecule has 5 atom stereocenters. The van der Waals surface area contributed by atoms with Gasteiger partial charge < -0.3 is 29.9 Å². The molecule has 0 amide bonds. The Morgan fingerprint density at radius 1 is 1.20 bits per heavy atom. The van der Waals surface area contributed by atoms with E-state index in [1.54, 1.807) is 13.8 Å². The SMILES string of the molecule is CC(C)O[C@@H]1[C@@H](O)[C@@H](O)[C@@H](CO)O[C@@H]1O. The highest BCUT2D eigenvalue weighted by Gasteiger charge is 2.44. The molecule has 4 N–H and O–H groups in total. The van der Waals surface area contributed by atoms with Crippen molar-refractivity contribution in [1.29, 1.82) is 0 Å². The summed E-state index contributed by atoms with van der Waals surface area (Å²) in [5.74, 6) is 0. The van der Waals surface area contributed by atoms with E-state index in [1.807, 2.05) is 0 Å². The maximum absolute atomic E-state index is 9.63. The maximum atomic E-state index is 9.63. The van der Waals surface area contributed by atoms with Crippen molar-refractivity contribution >= 4 is 0 Å². The Morgan fingerprint density at radius 3 is 2.27 bits per heavy atom. The predicted molar refractivity (Wildman–Crippen MR) is 50.0 cm³/mol. The molecule has 0 saturated carbocycles. The zero-order valence-electron chi connectivity index (χ0n) is 8.78. The van der Waals surface area contributed by atoms with Crippen molar-refractivity contribution < 1.29 is 29.9 Å². The third-order valence-corrected chi connectivity index (χ3v) is 2.27. The Bertz CT molecular complexity index is 197. The average Bonchev–Trinajstić information content (AvgIpc) is 2.18. The molecule has 1 heterocycles. The van der Waals surface area contributed by atoms with Gasteiger partial charge in [-0.2, -0.15) is 0 Å². The lowest BCUT2D eigenvalue weighted by Crippen LogP contribution is -2.59. The first-order valence-electron chi connectivity index (χ1n) is 4.93. The van der Waals surface area contributed by atoms with Crippen molar-refractivity contribution in [2.45, 2.75) is 50.7 Å². The second-order valence-electron chi connectivity index (χ2n) is 3.88. The molecule has 6 heteroatoms. The summed E-state index contributed by atoms with van der Waals surface area (Å²) >= 11 is 0. The fourth-order valence-corrected chi connectivity index (χ4v) is 1.53. The lowest BCUT2D eigenvalue weighted by molar-refractivity contribution is -0.301. The van der Waals surface area contributed by atoms with Crippen LogP contribution in [-0.2, 0) is 9.47 Å². The summed E-state index contributed by atoms with van der Waals surface area (Å²) in [6.45, 7) is 3.01. The van der Waals surface area contributed by atoms with Gasteiger partial charge in [0.25, 0.3) is 0 Å². The minimum absolute atomic E-state index is 0.208. The summed E-state index contributed by atoms with van der Waals surface area (Å²) in [5.41, 5.74) is 0. The van der Waals surface area contributed by atoms with E-state index in [9.17, 15) is 15.3 Å². The molecule has 1 rings (SSSR count). The van der Waals surface area contributed by atoms with Gasteiger partial charge in [0, 0.05) is 0 Å². The van der Waals surface area contributed by atoms with Gasteiger partial charge >= 0.3 is 0 Å². The summed E-state index contributed by atoms with van der Waals surface area (Å²) in [7, 11) is 0. The van der Waals surface area contributed by atoms with E-state index < -0.39 is 37.3 Å². The molecule has 0 aromatic carbocycles. The zero-order valence-corrected chi connectivity index (χ0v) is 8.78. The summed E-state index contributed by atoms with van der Waals surface area (Å²) in [6, 6.07) is 0. The van der Waals surface area contributed by atoms with Crippen molar-refractivity contribution in [3.05, 3.63) is 0 Å². The van der Waals surface area contributed by atoms with Gasteiger partial charge in [-0.3, -0.25) is 0 Å². The molecule has 15 heavy (non-hydrogen) atoms. The second kappa shape index (κ2) is 5.20. The Morgan fingerprint density at radius 2 is 1.80 bits per heavy atom. The van der Waals surface area contributed by atoms with Crippen molar-refractivity contribution in [3.8, 4) is 0 Å².